The molecule has 1 unspecified atom stereocenters. The molecule has 1 fully saturated rings. The average Bonchev–Trinajstić information content (AvgIpc) is 3.10. The number of nitrogens with zero attached hydrogens (tertiary/aromatic N) is 3. The highest BCUT2D eigenvalue weighted by atomic mass is 127. The van der Waals surface area contributed by atoms with Gasteiger partial charge in [-0.05, 0) is 37.5 Å². The van der Waals surface area contributed by atoms with Gasteiger partial charge in [-0.15, -0.1) is 24.0 Å². The van der Waals surface area contributed by atoms with E-state index in [1.807, 2.05) is 32.8 Å². The fraction of sp³-hybridized carbons (Fsp3) is 0.619. The van der Waals surface area contributed by atoms with Crippen LogP contribution in [0.25, 0.3) is 0 Å². The van der Waals surface area contributed by atoms with Gasteiger partial charge < -0.3 is 20.4 Å². The second kappa shape index (κ2) is 12.1. The standard InChI is InChI=1S/C21H35N5O.HI/c1-6-22-21(24-18-12-14-26(15-18)20(27)16(2)3)23-13-11-17-7-9-19(10-8-17)25(4)5;/h7-10,16,18H,6,11-15H2,1-5H3,(H2,22,23,24);1H. The SMILES string of the molecule is CCNC(=NCCc1ccc(N(C)C)cc1)NC1CCN(C(=O)C(C)C)C1.I. The molecule has 158 valence electrons. The first-order valence-corrected chi connectivity index (χ1v) is 10.0. The van der Waals surface area contributed by atoms with E-state index in [0.717, 1.165) is 45.0 Å². The maximum atomic E-state index is 12.1. The first-order valence-electron chi connectivity index (χ1n) is 10.0. The normalized spacial score (nSPS) is 16.7. The fourth-order valence-electron chi connectivity index (χ4n) is 3.21. The Morgan fingerprint density at radius 1 is 1.29 bits per heavy atom. The van der Waals surface area contributed by atoms with E-state index in [1.54, 1.807) is 0 Å². The summed E-state index contributed by atoms with van der Waals surface area (Å²) in [4.78, 5) is 20.9. The molecule has 1 heterocycles. The maximum Gasteiger partial charge on any atom is 0.225 e. The van der Waals surface area contributed by atoms with Crippen molar-refractivity contribution in [2.45, 2.75) is 39.7 Å². The quantitative estimate of drug-likeness (QED) is 0.343. The molecule has 1 saturated heterocycles. The van der Waals surface area contributed by atoms with Gasteiger partial charge in [0.1, 0.15) is 0 Å². The zero-order valence-electron chi connectivity index (χ0n) is 17.9. The molecule has 0 bridgehead atoms. The molecule has 28 heavy (non-hydrogen) atoms. The molecule has 1 aromatic carbocycles. The van der Waals surface area contributed by atoms with Gasteiger partial charge in [-0.25, -0.2) is 0 Å². The molecule has 7 heteroatoms. The van der Waals surface area contributed by atoms with Crippen LogP contribution in [0.15, 0.2) is 29.3 Å². The second-order valence-corrected chi connectivity index (χ2v) is 7.64. The summed E-state index contributed by atoms with van der Waals surface area (Å²) in [7, 11) is 4.10. The predicted molar refractivity (Wildman–Crippen MR) is 129 cm³/mol. The van der Waals surface area contributed by atoms with E-state index in [-0.39, 0.29) is 41.8 Å². The number of likely N-dealkylation sites (tertiary alicyclic amines) is 1. The first-order chi connectivity index (χ1) is 12.9. The number of halogens is 1. The van der Waals surface area contributed by atoms with Gasteiger partial charge in [0.25, 0.3) is 0 Å². The van der Waals surface area contributed by atoms with Crippen molar-refractivity contribution in [1.29, 1.82) is 0 Å². The Morgan fingerprint density at radius 2 is 1.96 bits per heavy atom. The van der Waals surface area contributed by atoms with Crippen molar-refractivity contribution >= 4 is 41.5 Å². The van der Waals surface area contributed by atoms with Gasteiger partial charge in [0.2, 0.25) is 5.91 Å². The largest absolute Gasteiger partial charge is 0.378 e. The number of rotatable bonds is 7. The topological polar surface area (TPSA) is 60.0 Å². The Bertz CT molecular complexity index is 630. The van der Waals surface area contributed by atoms with Crippen LogP contribution in [0.1, 0.15) is 32.8 Å². The van der Waals surface area contributed by atoms with E-state index < -0.39 is 0 Å². The van der Waals surface area contributed by atoms with E-state index in [0.29, 0.717) is 0 Å². The van der Waals surface area contributed by atoms with Crippen molar-refractivity contribution in [3.05, 3.63) is 29.8 Å². The van der Waals surface area contributed by atoms with Crippen LogP contribution < -0.4 is 15.5 Å². The van der Waals surface area contributed by atoms with Crippen LogP contribution in [0.2, 0.25) is 0 Å². The molecular formula is C21H36IN5O. The molecular weight excluding hydrogens is 465 g/mol. The van der Waals surface area contributed by atoms with E-state index in [2.05, 4.69) is 46.7 Å². The molecule has 0 saturated carbocycles. The summed E-state index contributed by atoms with van der Waals surface area (Å²) in [5.41, 5.74) is 2.49. The molecule has 0 aliphatic carbocycles. The number of benzene rings is 1. The minimum atomic E-state index is 0. The average molecular weight is 501 g/mol. The Hall–Kier alpha value is -1.51. The number of hydrogen-bond acceptors (Lipinski definition) is 3. The number of aliphatic imine (C=N–C) groups is 1. The molecule has 0 radical (unpaired) electrons. The maximum absolute atomic E-state index is 12.1. The Labute approximate surface area is 187 Å². The lowest BCUT2D eigenvalue weighted by atomic mass is 10.1. The van der Waals surface area contributed by atoms with Crippen LogP contribution in [0, 0.1) is 5.92 Å². The molecule has 0 aromatic heterocycles. The van der Waals surface area contributed by atoms with Crippen molar-refractivity contribution in [2.24, 2.45) is 10.9 Å². The highest BCUT2D eigenvalue weighted by Gasteiger charge is 2.27. The fourth-order valence-corrected chi connectivity index (χ4v) is 3.21. The highest BCUT2D eigenvalue weighted by molar-refractivity contribution is 14.0. The van der Waals surface area contributed by atoms with Crippen molar-refractivity contribution < 1.29 is 4.79 Å². The van der Waals surface area contributed by atoms with Gasteiger partial charge in [0.15, 0.2) is 5.96 Å². The van der Waals surface area contributed by atoms with Gasteiger partial charge >= 0.3 is 0 Å². The molecule has 1 atom stereocenters. The van der Waals surface area contributed by atoms with E-state index in [9.17, 15) is 4.79 Å². The minimum Gasteiger partial charge on any atom is -0.378 e. The molecule has 2 N–H and O–H groups in total. The van der Waals surface area contributed by atoms with Gasteiger partial charge in [0.05, 0.1) is 0 Å². The van der Waals surface area contributed by atoms with Gasteiger partial charge in [0, 0.05) is 57.9 Å². The molecule has 1 aromatic rings. The van der Waals surface area contributed by atoms with E-state index in [4.69, 9.17) is 4.99 Å². The lowest BCUT2D eigenvalue weighted by Gasteiger charge is -2.20. The third-order valence-electron chi connectivity index (χ3n) is 4.80. The summed E-state index contributed by atoms with van der Waals surface area (Å²) in [5, 5.41) is 6.80. The number of carbonyl (C=O) groups is 1. The van der Waals surface area contributed by atoms with Crippen LogP contribution in [0.4, 0.5) is 5.69 Å². The van der Waals surface area contributed by atoms with Crippen LogP contribution in [-0.2, 0) is 11.2 Å². The number of hydrogen-bond donors (Lipinski definition) is 2. The summed E-state index contributed by atoms with van der Waals surface area (Å²) >= 11 is 0. The first kappa shape index (κ1) is 24.5. The Balaban J connectivity index is 0.00000392. The van der Waals surface area contributed by atoms with Gasteiger partial charge in [-0.3, -0.25) is 9.79 Å². The van der Waals surface area contributed by atoms with Gasteiger partial charge in [-0.1, -0.05) is 26.0 Å². The van der Waals surface area contributed by atoms with Crippen molar-refractivity contribution in [3.8, 4) is 0 Å². The number of anilines is 1. The lowest BCUT2D eigenvalue weighted by molar-refractivity contribution is -0.133. The summed E-state index contributed by atoms with van der Waals surface area (Å²) < 4.78 is 0. The molecule has 2 rings (SSSR count). The number of guanidine groups is 1. The lowest BCUT2D eigenvalue weighted by Crippen LogP contribution is -2.45. The zero-order chi connectivity index (χ0) is 19.8. The third kappa shape index (κ3) is 7.48. The third-order valence-corrected chi connectivity index (χ3v) is 4.80. The van der Waals surface area contributed by atoms with Crippen molar-refractivity contribution in [1.82, 2.24) is 15.5 Å². The minimum absolute atomic E-state index is 0. The van der Waals surface area contributed by atoms with E-state index >= 15 is 0 Å². The second-order valence-electron chi connectivity index (χ2n) is 7.64. The monoisotopic (exact) mass is 501 g/mol. The smallest absolute Gasteiger partial charge is 0.225 e. The summed E-state index contributed by atoms with van der Waals surface area (Å²) in [6.45, 7) is 9.13. The molecule has 6 nitrogen and oxygen atoms in total. The summed E-state index contributed by atoms with van der Waals surface area (Å²) in [5.74, 6) is 1.14. The molecule has 1 aliphatic rings. The highest BCUT2D eigenvalue weighted by Crippen LogP contribution is 2.14. The van der Waals surface area contributed by atoms with Crippen LogP contribution >= 0.6 is 24.0 Å². The number of amides is 1. The number of carbonyl (C=O) groups excluding carboxylic acids is 1. The van der Waals surface area contributed by atoms with Crippen molar-refractivity contribution in [3.63, 3.8) is 0 Å². The van der Waals surface area contributed by atoms with Crippen LogP contribution in [0.5, 0.6) is 0 Å². The van der Waals surface area contributed by atoms with Crippen LogP contribution in [-0.4, -0.2) is 63.1 Å². The Morgan fingerprint density at radius 3 is 2.54 bits per heavy atom. The predicted octanol–water partition coefficient (Wildman–Crippen LogP) is 2.73. The molecule has 1 amide bonds. The summed E-state index contributed by atoms with van der Waals surface area (Å²) in [6.07, 6.45) is 1.88. The van der Waals surface area contributed by atoms with Gasteiger partial charge in [-0.2, -0.15) is 0 Å². The van der Waals surface area contributed by atoms with Crippen LogP contribution in [0.3, 0.4) is 0 Å². The Kier molecular flexibility index (Phi) is 10.6. The van der Waals surface area contributed by atoms with Crippen molar-refractivity contribution in [2.75, 3.05) is 45.2 Å². The zero-order valence-corrected chi connectivity index (χ0v) is 20.2. The molecule has 1 aliphatic heterocycles. The molecule has 0 spiro atoms. The number of nitrogens with one attached hydrogen (secondary N) is 2. The summed E-state index contributed by atoms with van der Waals surface area (Å²) in [6, 6.07) is 8.88. The van der Waals surface area contributed by atoms with E-state index in [1.165, 1.54) is 11.3 Å².